The molecule has 9 nitrogen and oxygen atoms in total. The van der Waals surface area contributed by atoms with Crippen molar-refractivity contribution in [2.24, 2.45) is 0 Å². The minimum Gasteiger partial charge on any atom is -0.367 e. The van der Waals surface area contributed by atoms with E-state index in [0.29, 0.717) is 31.0 Å². The number of non-ortho nitro benzene ring substituents is 1. The molecule has 28 heavy (non-hydrogen) atoms. The van der Waals surface area contributed by atoms with Gasteiger partial charge in [-0.15, -0.1) is 0 Å². The highest BCUT2D eigenvalue weighted by molar-refractivity contribution is 5.77. The number of amides is 1. The first-order chi connectivity index (χ1) is 13.6. The van der Waals surface area contributed by atoms with E-state index in [0.717, 1.165) is 5.56 Å². The van der Waals surface area contributed by atoms with Crippen LogP contribution in [0.2, 0.25) is 0 Å². The summed E-state index contributed by atoms with van der Waals surface area (Å²) < 4.78 is 10.5. The summed E-state index contributed by atoms with van der Waals surface area (Å²) in [5.74, 6) is 0.345. The molecule has 9 heteroatoms. The maximum absolute atomic E-state index is 11.8. The topological polar surface area (TPSA) is 120 Å². The first-order valence-electron chi connectivity index (χ1n) is 8.57. The van der Waals surface area contributed by atoms with E-state index in [1.54, 1.807) is 12.1 Å². The molecule has 0 saturated heterocycles. The molecule has 0 unspecified atom stereocenters. The highest BCUT2D eigenvalue weighted by Crippen LogP contribution is 2.21. The molecule has 0 bridgehead atoms. The molecule has 3 aromatic rings. The number of carbonyl (C=O) groups excluding carboxylic acids is 1. The van der Waals surface area contributed by atoms with Crippen molar-refractivity contribution in [1.82, 2.24) is 15.5 Å². The van der Waals surface area contributed by atoms with Gasteiger partial charge in [-0.05, 0) is 5.56 Å². The average molecular weight is 382 g/mol. The zero-order valence-corrected chi connectivity index (χ0v) is 14.9. The fourth-order valence-corrected chi connectivity index (χ4v) is 2.43. The smallest absolute Gasteiger partial charge is 0.270 e. The Morgan fingerprint density at radius 1 is 1.18 bits per heavy atom. The lowest BCUT2D eigenvalue weighted by Crippen LogP contribution is -2.29. The van der Waals surface area contributed by atoms with Crippen LogP contribution in [0.3, 0.4) is 0 Å². The van der Waals surface area contributed by atoms with Crippen LogP contribution in [0.5, 0.6) is 0 Å². The molecule has 0 fully saturated rings. The van der Waals surface area contributed by atoms with Crippen LogP contribution in [0.25, 0.3) is 11.4 Å². The van der Waals surface area contributed by atoms with Crippen molar-refractivity contribution in [2.45, 2.75) is 13.0 Å². The van der Waals surface area contributed by atoms with Gasteiger partial charge >= 0.3 is 0 Å². The van der Waals surface area contributed by atoms with Crippen LogP contribution in [-0.4, -0.2) is 34.1 Å². The zero-order chi connectivity index (χ0) is 19.8. The van der Waals surface area contributed by atoms with Gasteiger partial charge in [0.15, 0.2) is 0 Å². The SMILES string of the molecule is O=C(COCc1ccccc1)NCCc1nc(-c2cccc([N+](=O)[O-])c2)no1. The van der Waals surface area contributed by atoms with Gasteiger partial charge in [-0.1, -0.05) is 47.6 Å². The molecule has 0 atom stereocenters. The van der Waals surface area contributed by atoms with Gasteiger partial charge in [0.2, 0.25) is 17.6 Å². The minimum absolute atomic E-state index is 0.0440. The van der Waals surface area contributed by atoms with E-state index in [9.17, 15) is 14.9 Å². The van der Waals surface area contributed by atoms with Crippen molar-refractivity contribution in [1.29, 1.82) is 0 Å². The fourth-order valence-electron chi connectivity index (χ4n) is 2.43. The summed E-state index contributed by atoms with van der Waals surface area (Å²) in [6.45, 7) is 0.631. The molecule has 0 aliphatic carbocycles. The molecule has 1 aromatic heterocycles. The number of nitrogens with zero attached hydrogens (tertiary/aromatic N) is 3. The number of hydrogen-bond donors (Lipinski definition) is 1. The second-order valence-corrected chi connectivity index (χ2v) is 5.90. The Kier molecular flexibility index (Phi) is 6.42. The summed E-state index contributed by atoms with van der Waals surface area (Å²) in [5.41, 5.74) is 1.43. The van der Waals surface area contributed by atoms with Gasteiger partial charge in [-0.3, -0.25) is 14.9 Å². The number of nitro groups is 1. The molecule has 1 amide bonds. The predicted molar refractivity (Wildman–Crippen MR) is 99.2 cm³/mol. The number of carbonyl (C=O) groups is 1. The molecule has 0 aliphatic heterocycles. The number of nitro benzene ring substituents is 1. The van der Waals surface area contributed by atoms with Crippen molar-refractivity contribution in [2.75, 3.05) is 13.2 Å². The lowest BCUT2D eigenvalue weighted by Gasteiger charge is -2.05. The number of ether oxygens (including phenoxy) is 1. The third kappa shape index (κ3) is 5.45. The van der Waals surface area contributed by atoms with Crippen molar-refractivity contribution >= 4 is 11.6 Å². The highest BCUT2D eigenvalue weighted by Gasteiger charge is 2.13. The molecule has 0 radical (unpaired) electrons. The summed E-state index contributed by atoms with van der Waals surface area (Å²) in [5, 5.41) is 17.4. The summed E-state index contributed by atoms with van der Waals surface area (Å²) in [6.07, 6.45) is 0.340. The third-order valence-corrected chi connectivity index (χ3v) is 3.79. The Hall–Kier alpha value is -3.59. The second-order valence-electron chi connectivity index (χ2n) is 5.90. The Morgan fingerprint density at radius 2 is 2.00 bits per heavy atom. The molecule has 144 valence electrons. The minimum atomic E-state index is -0.486. The molecular formula is C19H18N4O5. The number of hydrogen-bond acceptors (Lipinski definition) is 7. The highest BCUT2D eigenvalue weighted by atomic mass is 16.6. The van der Waals surface area contributed by atoms with Gasteiger partial charge in [-0.25, -0.2) is 0 Å². The monoisotopic (exact) mass is 382 g/mol. The molecule has 3 rings (SSSR count). The van der Waals surface area contributed by atoms with E-state index in [1.807, 2.05) is 30.3 Å². The first-order valence-corrected chi connectivity index (χ1v) is 8.57. The standard InChI is InChI=1S/C19H18N4O5/c24-17(13-27-12-14-5-2-1-3-6-14)20-10-9-18-21-19(22-28-18)15-7-4-8-16(11-15)23(25)26/h1-8,11H,9-10,12-13H2,(H,20,24). The second kappa shape index (κ2) is 9.38. The zero-order valence-electron chi connectivity index (χ0n) is 14.9. The van der Waals surface area contributed by atoms with Gasteiger partial charge in [0.1, 0.15) is 6.61 Å². The van der Waals surface area contributed by atoms with E-state index in [4.69, 9.17) is 9.26 Å². The van der Waals surface area contributed by atoms with E-state index in [2.05, 4.69) is 15.5 Å². The van der Waals surface area contributed by atoms with E-state index in [-0.39, 0.29) is 24.0 Å². The van der Waals surface area contributed by atoms with Gasteiger partial charge in [-0.2, -0.15) is 4.98 Å². The van der Waals surface area contributed by atoms with E-state index < -0.39 is 4.92 Å². The largest absolute Gasteiger partial charge is 0.367 e. The summed E-state index contributed by atoms with van der Waals surface area (Å²) in [4.78, 5) is 26.3. The van der Waals surface area contributed by atoms with Crippen LogP contribution in [0.4, 0.5) is 5.69 Å². The predicted octanol–water partition coefficient (Wildman–Crippen LogP) is 2.52. The van der Waals surface area contributed by atoms with Crippen LogP contribution in [0.15, 0.2) is 59.1 Å². The van der Waals surface area contributed by atoms with Crippen LogP contribution in [-0.2, 0) is 22.6 Å². The Bertz CT molecular complexity index is 942. The van der Waals surface area contributed by atoms with Crippen molar-refractivity contribution in [3.8, 4) is 11.4 Å². The van der Waals surface area contributed by atoms with Crippen molar-refractivity contribution < 1.29 is 19.0 Å². The number of aromatic nitrogens is 2. The molecule has 1 heterocycles. The van der Waals surface area contributed by atoms with Gasteiger partial charge in [0.25, 0.3) is 5.69 Å². The normalized spacial score (nSPS) is 10.6. The average Bonchev–Trinajstić information content (AvgIpc) is 3.18. The summed E-state index contributed by atoms with van der Waals surface area (Å²) in [6, 6.07) is 15.6. The maximum Gasteiger partial charge on any atom is 0.270 e. The molecular weight excluding hydrogens is 364 g/mol. The van der Waals surface area contributed by atoms with Crippen molar-refractivity contribution in [3.05, 3.63) is 76.2 Å². The number of benzene rings is 2. The van der Waals surface area contributed by atoms with Crippen molar-refractivity contribution in [3.63, 3.8) is 0 Å². The van der Waals surface area contributed by atoms with Gasteiger partial charge in [0.05, 0.1) is 11.5 Å². The number of rotatable bonds is 9. The quantitative estimate of drug-likeness (QED) is 0.446. The summed E-state index contributed by atoms with van der Waals surface area (Å²) >= 11 is 0. The Morgan fingerprint density at radius 3 is 2.79 bits per heavy atom. The Labute approximate surface area is 160 Å². The Balaban J connectivity index is 1.42. The lowest BCUT2D eigenvalue weighted by molar-refractivity contribution is -0.384. The van der Waals surface area contributed by atoms with Gasteiger partial charge < -0.3 is 14.6 Å². The van der Waals surface area contributed by atoms with Crippen LogP contribution in [0, 0.1) is 10.1 Å². The van der Waals surface area contributed by atoms with E-state index >= 15 is 0 Å². The van der Waals surface area contributed by atoms with Crippen LogP contribution in [0.1, 0.15) is 11.5 Å². The lowest BCUT2D eigenvalue weighted by atomic mass is 10.2. The van der Waals surface area contributed by atoms with Crippen LogP contribution < -0.4 is 5.32 Å². The number of nitrogens with one attached hydrogen (secondary N) is 1. The first kappa shape index (κ1) is 19.2. The molecule has 2 aromatic carbocycles. The van der Waals surface area contributed by atoms with Gasteiger partial charge in [0, 0.05) is 30.7 Å². The molecule has 0 spiro atoms. The molecule has 1 N–H and O–H groups in total. The third-order valence-electron chi connectivity index (χ3n) is 3.79. The van der Waals surface area contributed by atoms with E-state index in [1.165, 1.54) is 12.1 Å². The van der Waals surface area contributed by atoms with Crippen LogP contribution >= 0.6 is 0 Å². The molecule has 0 saturated carbocycles. The molecule has 0 aliphatic rings. The fraction of sp³-hybridized carbons (Fsp3) is 0.211. The summed E-state index contributed by atoms with van der Waals surface area (Å²) in [7, 11) is 0. The maximum atomic E-state index is 11.8.